The van der Waals surface area contributed by atoms with Crippen LogP contribution in [-0.2, 0) is 9.59 Å². The van der Waals surface area contributed by atoms with Crippen LogP contribution in [0.15, 0.2) is 48.5 Å². The van der Waals surface area contributed by atoms with Crippen LogP contribution in [0.5, 0.6) is 5.75 Å². The molecule has 1 saturated carbocycles. The number of carbonyl (C=O) groups excluding carboxylic acids is 2. The number of hydrogen-bond acceptors (Lipinski definition) is 3. The molecule has 0 bridgehead atoms. The minimum absolute atomic E-state index is 0.0647. The molecule has 0 saturated heterocycles. The van der Waals surface area contributed by atoms with Crippen LogP contribution >= 0.6 is 0 Å². The molecule has 2 aliphatic rings. The van der Waals surface area contributed by atoms with Gasteiger partial charge in [0.25, 0.3) is 5.91 Å². The van der Waals surface area contributed by atoms with Crippen LogP contribution in [0.25, 0.3) is 0 Å². The monoisotopic (exact) mass is 350 g/mol. The largest absolute Gasteiger partial charge is 0.474 e. The van der Waals surface area contributed by atoms with Crippen LogP contribution < -0.4 is 15.4 Å². The first kappa shape index (κ1) is 16.6. The molecule has 0 aromatic heterocycles. The number of ether oxygens (including phenoxy) is 1. The van der Waals surface area contributed by atoms with Gasteiger partial charge in [0.1, 0.15) is 5.75 Å². The highest BCUT2D eigenvalue weighted by molar-refractivity contribution is 6.00. The van der Waals surface area contributed by atoms with Gasteiger partial charge in [0, 0.05) is 17.2 Å². The molecular formula is C21H22N2O3. The number of amides is 2. The zero-order chi connectivity index (χ0) is 17.9. The van der Waals surface area contributed by atoms with Gasteiger partial charge in [-0.05, 0) is 31.0 Å². The molecule has 2 aromatic carbocycles. The fourth-order valence-corrected chi connectivity index (χ4v) is 3.64. The van der Waals surface area contributed by atoms with E-state index in [9.17, 15) is 9.59 Å². The Morgan fingerprint density at radius 1 is 1.04 bits per heavy atom. The smallest absolute Gasteiger partial charge is 0.270 e. The van der Waals surface area contributed by atoms with E-state index in [1.165, 1.54) is 6.42 Å². The van der Waals surface area contributed by atoms with Crippen LogP contribution in [-0.4, -0.2) is 11.8 Å². The van der Waals surface area contributed by atoms with Crippen molar-refractivity contribution < 1.29 is 14.3 Å². The molecule has 1 unspecified atom stereocenters. The summed E-state index contributed by atoms with van der Waals surface area (Å²) in [4.78, 5) is 24.8. The summed E-state index contributed by atoms with van der Waals surface area (Å²) in [5, 5.41) is 5.86. The van der Waals surface area contributed by atoms with Crippen molar-refractivity contribution in [2.24, 2.45) is 5.92 Å². The van der Waals surface area contributed by atoms with Gasteiger partial charge in [-0.1, -0.05) is 49.6 Å². The molecule has 26 heavy (non-hydrogen) atoms. The van der Waals surface area contributed by atoms with Crippen LogP contribution in [0.3, 0.4) is 0 Å². The maximum atomic E-state index is 12.4. The van der Waals surface area contributed by atoms with Gasteiger partial charge in [0.2, 0.25) is 12.0 Å². The number of nitrogens with one attached hydrogen (secondary N) is 2. The Morgan fingerprint density at radius 2 is 1.81 bits per heavy atom. The average molecular weight is 350 g/mol. The Bertz CT molecular complexity index is 813. The summed E-state index contributed by atoms with van der Waals surface area (Å²) in [6.07, 6.45) is 4.70. The molecule has 0 spiro atoms. The van der Waals surface area contributed by atoms with Crippen molar-refractivity contribution in [3.05, 3.63) is 54.1 Å². The topological polar surface area (TPSA) is 67.4 Å². The van der Waals surface area contributed by atoms with E-state index in [0.29, 0.717) is 17.1 Å². The number of benzene rings is 2. The van der Waals surface area contributed by atoms with Crippen molar-refractivity contribution in [1.29, 1.82) is 0 Å². The van der Waals surface area contributed by atoms with Crippen molar-refractivity contribution in [1.82, 2.24) is 0 Å². The average Bonchev–Trinajstić information content (AvgIpc) is 2.69. The maximum Gasteiger partial charge on any atom is 0.270 e. The van der Waals surface area contributed by atoms with Gasteiger partial charge >= 0.3 is 0 Å². The SMILES string of the molecule is O=C(Nc1ccc2c(c1)NC(=O)C(c1ccccc1)O2)C1CCCCC1. The first-order valence-corrected chi connectivity index (χ1v) is 9.18. The van der Waals surface area contributed by atoms with E-state index in [2.05, 4.69) is 10.6 Å². The second-order valence-electron chi connectivity index (χ2n) is 6.93. The first-order valence-electron chi connectivity index (χ1n) is 9.18. The molecular weight excluding hydrogens is 328 g/mol. The molecule has 1 heterocycles. The zero-order valence-corrected chi connectivity index (χ0v) is 14.5. The molecule has 1 fully saturated rings. The number of anilines is 2. The third-order valence-corrected chi connectivity index (χ3v) is 5.07. The molecule has 2 N–H and O–H groups in total. The Morgan fingerprint density at radius 3 is 2.58 bits per heavy atom. The molecule has 4 rings (SSSR count). The molecule has 2 aromatic rings. The fourth-order valence-electron chi connectivity index (χ4n) is 3.64. The third-order valence-electron chi connectivity index (χ3n) is 5.07. The molecule has 1 aliphatic heterocycles. The van der Waals surface area contributed by atoms with E-state index in [1.807, 2.05) is 36.4 Å². The first-order chi connectivity index (χ1) is 12.7. The van der Waals surface area contributed by atoms with Crippen LogP contribution in [0.2, 0.25) is 0 Å². The molecule has 1 aliphatic carbocycles. The highest BCUT2D eigenvalue weighted by atomic mass is 16.5. The lowest BCUT2D eigenvalue weighted by Crippen LogP contribution is -2.30. The number of carbonyl (C=O) groups is 2. The number of fused-ring (bicyclic) bond motifs is 1. The quantitative estimate of drug-likeness (QED) is 0.868. The van der Waals surface area contributed by atoms with Gasteiger partial charge in [-0.2, -0.15) is 0 Å². The molecule has 2 amide bonds. The van der Waals surface area contributed by atoms with E-state index in [1.54, 1.807) is 12.1 Å². The lowest BCUT2D eigenvalue weighted by Gasteiger charge is -2.27. The highest BCUT2D eigenvalue weighted by Crippen LogP contribution is 2.37. The van der Waals surface area contributed by atoms with E-state index >= 15 is 0 Å². The lowest BCUT2D eigenvalue weighted by atomic mass is 9.88. The van der Waals surface area contributed by atoms with E-state index in [-0.39, 0.29) is 17.7 Å². The summed E-state index contributed by atoms with van der Waals surface area (Å²) < 4.78 is 5.88. The van der Waals surface area contributed by atoms with Gasteiger partial charge in [0.05, 0.1) is 5.69 Å². The molecule has 0 radical (unpaired) electrons. The maximum absolute atomic E-state index is 12.4. The summed E-state index contributed by atoms with van der Waals surface area (Å²) >= 11 is 0. The third kappa shape index (κ3) is 3.43. The Kier molecular flexibility index (Phi) is 4.61. The van der Waals surface area contributed by atoms with Crippen molar-refractivity contribution in [3.8, 4) is 5.75 Å². The normalized spacial score (nSPS) is 19.8. The molecule has 5 heteroatoms. The predicted octanol–water partition coefficient (Wildman–Crippen LogP) is 4.28. The number of rotatable bonds is 3. The van der Waals surface area contributed by atoms with Gasteiger partial charge in [-0.3, -0.25) is 9.59 Å². The van der Waals surface area contributed by atoms with E-state index < -0.39 is 6.10 Å². The van der Waals surface area contributed by atoms with E-state index in [0.717, 1.165) is 31.2 Å². The van der Waals surface area contributed by atoms with Gasteiger partial charge in [-0.15, -0.1) is 0 Å². The van der Waals surface area contributed by atoms with Crippen LogP contribution in [0, 0.1) is 5.92 Å². The molecule has 134 valence electrons. The Hall–Kier alpha value is -2.82. The molecule has 1 atom stereocenters. The van der Waals surface area contributed by atoms with Crippen molar-refractivity contribution in [2.45, 2.75) is 38.2 Å². The Balaban J connectivity index is 1.49. The summed E-state index contributed by atoms with van der Waals surface area (Å²) in [6.45, 7) is 0. The minimum Gasteiger partial charge on any atom is -0.474 e. The summed E-state index contributed by atoms with van der Waals surface area (Å²) in [7, 11) is 0. The standard InChI is InChI=1S/C21H22N2O3/c24-20(15-9-5-2-6-10-15)22-16-11-12-18-17(13-16)23-21(25)19(26-18)14-7-3-1-4-8-14/h1,3-4,7-8,11-13,15,19H,2,5-6,9-10H2,(H,22,24)(H,23,25). The highest BCUT2D eigenvalue weighted by Gasteiger charge is 2.29. The second kappa shape index (κ2) is 7.20. The van der Waals surface area contributed by atoms with Crippen molar-refractivity contribution >= 4 is 23.2 Å². The molecule has 5 nitrogen and oxygen atoms in total. The second-order valence-corrected chi connectivity index (χ2v) is 6.93. The summed E-state index contributed by atoms with van der Waals surface area (Å²) in [5.41, 5.74) is 2.08. The fraction of sp³-hybridized carbons (Fsp3) is 0.333. The summed E-state index contributed by atoms with van der Waals surface area (Å²) in [6, 6.07) is 14.8. The van der Waals surface area contributed by atoms with Crippen molar-refractivity contribution in [3.63, 3.8) is 0 Å². The van der Waals surface area contributed by atoms with E-state index in [4.69, 9.17) is 4.74 Å². The van der Waals surface area contributed by atoms with Gasteiger partial charge < -0.3 is 15.4 Å². The lowest BCUT2D eigenvalue weighted by molar-refractivity contribution is -0.123. The number of hydrogen-bond donors (Lipinski definition) is 2. The van der Waals surface area contributed by atoms with Crippen molar-refractivity contribution in [2.75, 3.05) is 10.6 Å². The minimum atomic E-state index is -0.661. The van der Waals surface area contributed by atoms with Crippen LogP contribution in [0.4, 0.5) is 11.4 Å². The Labute approximate surface area is 152 Å². The predicted molar refractivity (Wildman–Crippen MR) is 100 cm³/mol. The van der Waals surface area contributed by atoms with Crippen LogP contribution in [0.1, 0.15) is 43.8 Å². The van der Waals surface area contributed by atoms with Gasteiger partial charge in [-0.25, -0.2) is 0 Å². The van der Waals surface area contributed by atoms with Gasteiger partial charge in [0.15, 0.2) is 0 Å². The summed E-state index contributed by atoms with van der Waals surface area (Å²) in [5.74, 6) is 0.552. The zero-order valence-electron chi connectivity index (χ0n) is 14.5.